The van der Waals surface area contributed by atoms with Crippen LogP contribution in [0.2, 0.25) is 5.02 Å². The highest BCUT2D eigenvalue weighted by Crippen LogP contribution is 2.34. The smallest absolute Gasteiger partial charge is 0.0702 e. The molecular weight excluding hydrogens is 222 g/mol. The summed E-state index contributed by atoms with van der Waals surface area (Å²) in [5.41, 5.74) is 1.92. The van der Waals surface area contributed by atoms with Crippen molar-refractivity contribution in [2.45, 2.75) is 38.3 Å². The maximum atomic E-state index is 9.35. The van der Waals surface area contributed by atoms with E-state index in [1.165, 1.54) is 25.7 Å². The van der Waals surface area contributed by atoms with Gasteiger partial charge in [0.05, 0.1) is 17.3 Å². The van der Waals surface area contributed by atoms with Crippen LogP contribution in [0.1, 0.15) is 31.2 Å². The molecule has 1 aliphatic carbocycles. The SMILES string of the molecule is CN(c1c(Cl)cccc1CO)C1CCCC1. The van der Waals surface area contributed by atoms with E-state index in [2.05, 4.69) is 11.9 Å². The number of rotatable bonds is 3. The maximum absolute atomic E-state index is 9.35. The molecule has 0 atom stereocenters. The molecule has 1 fully saturated rings. The topological polar surface area (TPSA) is 23.5 Å². The Morgan fingerprint density at radius 3 is 2.69 bits per heavy atom. The highest BCUT2D eigenvalue weighted by atomic mass is 35.5. The van der Waals surface area contributed by atoms with Crippen molar-refractivity contribution in [3.05, 3.63) is 28.8 Å². The molecule has 0 radical (unpaired) electrons. The van der Waals surface area contributed by atoms with E-state index in [1.54, 1.807) is 0 Å². The third kappa shape index (κ3) is 2.18. The molecule has 1 saturated carbocycles. The van der Waals surface area contributed by atoms with Gasteiger partial charge in [0.25, 0.3) is 0 Å². The molecular formula is C13H18ClNO. The summed E-state index contributed by atoms with van der Waals surface area (Å²) in [5.74, 6) is 0. The van der Waals surface area contributed by atoms with Gasteiger partial charge in [-0.3, -0.25) is 0 Å². The van der Waals surface area contributed by atoms with Gasteiger partial charge in [0, 0.05) is 18.7 Å². The number of nitrogens with zero attached hydrogens (tertiary/aromatic N) is 1. The fourth-order valence-electron chi connectivity index (χ4n) is 2.56. The minimum Gasteiger partial charge on any atom is -0.392 e. The van der Waals surface area contributed by atoms with Crippen molar-refractivity contribution in [3.63, 3.8) is 0 Å². The summed E-state index contributed by atoms with van der Waals surface area (Å²) in [6.07, 6.45) is 5.06. The van der Waals surface area contributed by atoms with Gasteiger partial charge in [0.2, 0.25) is 0 Å². The number of hydrogen-bond acceptors (Lipinski definition) is 2. The van der Waals surface area contributed by atoms with Gasteiger partial charge in [-0.15, -0.1) is 0 Å². The fraction of sp³-hybridized carbons (Fsp3) is 0.538. The van der Waals surface area contributed by atoms with Gasteiger partial charge in [0.15, 0.2) is 0 Å². The summed E-state index contributed by atoms with van der Waals surface area (Å²) in [6.45, 7) is 0.0486. The van der Waals surface area contributed by atoms with Gasteiger partial charge < -0.3 is 10.0 Å². The average Bonchev–Trinajstić information content (AvgIpc) is 2.81. The molecule has 2 rings (SSSR count). The van der Waals surface area contributed by atoms with Gasteiger partial charge in [-0.2, -0.15) is 0 Å². The monoisotopic (exact) mass is 239 g/mol. The second-order valence-corrected chi connectivity index (χ2v) is 4.86. The standard InChI is InChI=1S/C13H18ClNO/c1-15(11-6-2-3-7-11)13-10(9-16)5-4-8-12(13)14/h4-5,8,11,16H,2-3,6-7,9H2,1H3. The molecule has 16 heavy (non-hydrogen) atoms. The summed E-state index contributed by atoms with van der Waals surface area (Å²) >= 11 is 6.23. The van der Waals surface area contributed by atoms with Crippen LogP contribution in [0.5, 0.6) is 0 Å². The van der Waals surface area contributed by atoms with Gasteiger partial charge in [-0.1, -0.05) is 36.6 Å². The predicted molar refractivity (Wildman–Crippen MR) is 68.0 cm³/mol. The Bertz CT molecular complexity index is 361. The van der Waals surface area contributed by atoms with E-state index in [-0.39, 0.29) is 6.61 Å². The van der Waals surface area contributed by atoms with E-state index in [0.29, 0.717) is 6.04 Å². The van der Waals surface area contributed by atoms with Crippen molar-refractivity contribution in [2.24, 2.45) is 0 Å². The summed E-state index contributed by atoms with van der Waals surface area (Å²) < 4.78 is 0. The van der Waals surface area contributed by atoms with Crippen LogP contribution in [0, 0.1) is 0 Å². The van der Waals surface area contributed by atoms with Crippen LogP contribution in [0.25, 0.3) is 0 Å². The Hall–Kier alpha value is -0.730. The minimum atomic E-state index is 0.0486. The second-order valence-electron chi connectivity index (χ2n) is 4.45. The van der Waals surface area contributed by atoms with Crippen LogP contribution < -0.4 is 4.90 Å². The molecule has 3 heteroatoms. The molecule has 0 amide bonds. The third-order valence-corrected chi connectivity index (χ3v) is 3.77. The van der Waals surface area contributed by atoms with Crippen molar-refractivity contribution in [3.8, 4) is 0 Å². The molecule has 0 aliphatic heterocycles. The molecule has 1 aliphatic rings. The zero-order chi connectivity index (χ0) is 11.5. The van der Waals surface area contributed by atoms with Crippen molar-refractivity contribution in [2.75, 3.05) is 11.9 Å². The van der Waals surface area contributed by atoms with Gasteiger partial charge >= 0.3 is 0 Å². The molecule has 2 nitrogen and oxygen atoms in total. The Kier molecular flexibility index (Phi) is 3.72. The van der Waals surface area contributed by atoms with Crippen molar-refractivity contribution < 1.29 is 5.11 Å². The predicted octanol–water partition coefficient (Wildman–Crippen LogP) is 3.21. The third-order valence-electron chi connectivity index (χ3n) is 3.47. The molecule has 1 N–H and O–H groups in total. The molecule has 1 aromatic rings. The van der Waals surface area contributed by atoms with E-state index in [1.807, 2.05) is 18.2 Å². The van der Waals surface area contributed by atoms with Crippen LogP contribution >= 0.6 is 11.6 Å². The summed E-state index contributed by atoms with van der Waals surface area (Å²) in [7, 11) is 2.08. The Morgan fingerprint density at radius 1 is 1.38 bits per heavy atom. The summed E-state index contributed by atoms with van der Waals surface area (Å²) in [6, 6.07) is 6.29. The zero-order valence-corrected chi connectivity index (χ0v) is 10.4. The first kappa shape index (κ1) is 11.7. The zero-order valence-electron chi connectivity index (χ0n) is 9.62. The first-order valence-electron chi connectivity index (χ1n) is 5.85. The lowest BCUT2D eigenvalue weighted by Gasteiger charge is -2.29. The van der Waals surface area contributed by atoms with Gasteiger partial charge in [0.1, 0.15) is 0 Å². The van der Waals surface area contributed by atoms with Crippen LogP contribution in [0.15, 0.2) is 18.2 Å². The summed E-state index contributed by atoms with van der Waals surface area (Å²) in [4.78, 5) is 2.24. The molecule has 0 unspecified atom stereocenters. The van der Waals surface area contributed by atoms with Gasteiger partial charge in [-0.05, 0) is 18.9 Å². The lowest BCUT2D eigenvalue weighted by molar-refractivity contribution is 0.282. The first-order chi connectivity index (χ1) is 7.74. The van der Waals surface area contributed by atoms with Gasteiger partial charge in [-0.25, -0.2) is 0 Å². The minimum absolute atomic E-state index is 0.0486. The lowest BCUT2D eigenvalue weighted by atomic mass is 10.1. The van der Waals surface area contributed by atoms with Crippen molar-refractivity contribution in [1.29, 1.82) is 0 Å². The average molecular weight is 240 g/mol. The van der Waals surface area contributed by atoms with E-state index in [4.69, 9.17) is 11.6 Å². The van der Waals surface area contributed by atoms with Crippen LogP contribution in [-0.2, 0) is 6.61 Å². The number of aliphatic hydroxyl groups excluding tert-OH is 1. The summed E-state index contributed by atoms with van der Waals surface area (Å²) in [5, 5.41) is 10.1. The second kappa shape index (κ2) is 5.07. The number of aliphatic hydroxyl groups is 1. The molecule has 0 bridgehead atoms. The molecule has 0 heterocycles. The maximum Gasteiger partial charge on any atom is 0.0702 e. The molecule has 88 valence electrons. The Labute approximate surface area is 102 Å². The highest BCUT2D eigenvalue weighted by molar-refractivity contribution is 6.33. The van der Waals surface area contributed by atoms with E-state index >= 15 is 0 Å². The quantitative estimate of drug-likeness (QED) is 0.876. The number of hydrogen-bond donors (Lipinski definition) is 1. The number of halogens is 1. The normalized spacial score (nSPS) is 16.7. The van der Waals surface area contributed by atoms with E-state index in [9.17, 15) is 5.11 Å². The fourth-order valence-corrected chi connectivity index (χ4v) is 2.88. The first-order valence-corrected chi connectivity index (χ1v) is 6.23. The van der Waals surface area contributed by atoms with Crippen molar-refractivity contribution >= 4 is 17.3 Å². The van der Waals surface area contributed by atoms with Crippen molar-refractivity contribution in [1.82, 2.24) is 0 Å². The van der Waals surface area contributed by atoms with Crippen LogP contribution in [0.4, 0.5) is 5.69 Å². The van der Waals surface area contributed by atoms with Crippen LogP contribution in [0.3, 0.4) is 0 Å². The molecule has 1 aromatic carbocycles. The largest absolute Gasteiger partial charge is 0.392 e. The number of para-hydroxylation sites is 1. The highest BCUT2D eigenvalue weighted by Gasteiger charge is 2.22. The Balaban J connectivity index is 2.30. The molecule has 0 spiro atoms. The van der Waals surface area contributed by atoms with E-state index in [0.717, 1.165) is 16.3 Å². The number of benzene rings is 1. The lowest BCUT2D eigenvalue weighted by Crippen LogP contribution is -2.29. The molecule has 0 saturated heterocycles. The number of anilines is 1. The molecule has 0 aromatic heterocycles. The van der Waals surface area contributed by atoms with Crippen LogP contribution in [-0.4, -0.2) is 18.2 Å². The Morgan fingerprint density at radius 2 is 2.06 bits per heavy atom. The van der Waals surface area contributed by atoms with E-state index < -0.39 is 0 Å².